The van der Waals surface area contributed by atoms with Gasteiger partial charge in [-0.25, -0.2) is 0 Å². The van der Waals surface area contributed by atoms with Gasteiger partial charge < -0.3 is 10.3 Å². The Morgan fingerprint density at radius 3 is 2.25 bits per heavy atom. The van der Waals surface area contributed by atoms with Crippen LogP contribution in [0.2, 0.25) is 0 Å². The zero-order valence-electron chi connectivity index (χ0n) is 8.64. The average molecular weight is 214 g/mol. The summed E-state index contributed by atoms with van der Waals surface area (Å²) in [6, 6.07) is 3.67. The predicted molar refractivity (Wildman–Crippen MR) is 62.9 cm³/mol. The Morgan fingerprint density at radius 1 is 1.19 bits per heavy atom. The highest BCUT2D eigenvalue weighted by Gasteiger charge is 2.20. The molecular formula is C9H11BN6. The van der Waals surface area contributed by atoms with E-state index in [2.05, 4.69) is 15.1 Å². The third-order valence-electron chi connectivity index (χ3n) is 1.98. The van der Waals surface area contributed by atoms with Gasteiger partial charge in [0.25, 0.3) is 0 Å². The molecule has 0 aliphatic rings. The van der Waals surface area contributed by atoms with Gasteiger partial charge in [-0.05, 0) is 18.3 Å². The summed E-state index contributed by atoms with van der Waals surface area (Å²) in [5.74, 6) is 0. The second-order valence-corrected chi connectivity index (χ2v) is 3.09. The molecule has 2 rings (SSSR count). The Labute approximate surface area is 93.3 Å². The van der Waals surface area contributed by atoms with Crippen LogP contribution in [0, 0.1) is 5.41 Å². The van der Waals surface area contributed by atoms with Crippen molar-refractivity contribution < 1.29 is 0 Å². The quantitative estimate of drug-likeness (QED) is 0.583. The SMILES string of the molecule is N=CCC=NB(n1cccn1)n1cccn1. The second kappa shape index (κ2) is 5.06. The van der Waals surface area contributed by atoms with Crippen LogP contribution in [0.3, 0.4) is 0 Å². The molecule has 0 saturated heterocycles. The van der Waals surface area contributed by atoms with Gasteiger partial charge in [-0.15, -0.1) is 0 Å². The summed E-state index contributed by atoms with van der Waals surface area (Å²) in [6.45, 7) is 0. The van der Waals surface area contributed by atoms with Crippen molar-refractivity contribution in [3.8, 4) is 0 Å². The van der Waals surface area contributed by atoms with Crippen molar-refractivity contribution in [1.29, 1.82) is 5.41 Å². The third kappa shape index (κ3) is 2.25. The van der Waals surface area contributed by atoms with Gasteiger partial charge in [-0.1, -0.05) is 0 Å². The highest BCUT2D eigenvalue weighted by molar-refractivity contribution is 6.53. The third-order valence-corrected chi connectivity index (χ3v) is 1.98. The molecule has 0 amide bonds. The highest BCUT2D eigenvalue weighted by Crippen LogP contribution is 1.95. The van der Waals surface area contributed by atoms with Crippen LogP contribution in [0.15, 0.2) is 41.8 Å². The summed E-state index contributed by atoms with van der Waals surface area (Å²) in [4.78, 5) is 4.32. The molecule has 0 aromatic carbocycles. The van der Waals surface area contributed by atoms with Crippen molar-refractivity contribution in [3.05, 3.63) is 36.9 Å². The van der Waals surface area contributed by atoms with Crippen LogP contribution in [0.5, 0.6) is 0 Å². The van der Waals surface area contributed by atoms with E-state index in [0.29, 0.717) is 6.42 Å². The van der Waals surface area contributed by atoms with Gasteiger partial charge >= 0.3 is 7.12 Å². The van der Waals surface area contributed by atoms with E-state index in [1.165, 1.54) is 6.21 Å². The number of rotatable bonds is 5. The van der Waals surface area contributed by atoms with Crippen LogP contribution >= 0.6 is 0 Å². The molecule has 1 N–H and O–H groups in total. The molecule has 6 nitrogen and oxygen atoms in total. The van der Waals surface area contributed by atoms with E-state index < -0.39 is 0 Å². The summed E-state index contributed by atoms with van der Waals surface area (Å²) in [6.07, 6.45) is 10.5. The molecule has 0 atom stereocenters. The van der Waals surface area contributed by atoms with Gasteiger partial charge in [0.1, 0.15) is 0 Å². The zero-order valence-corrected chi connectivity index (χ0v) is 8.64. The topological polar surface area (TPSA) is 71.8 Å². The first-order valence-corrected chi connectivity index (χ1v) is 4.90. The fraction of sp³-hybridized carbons (Fsp3) is 0.111. The number of aromatic nitrogens is 4. The molecule has 0 aliphatic carbocycles. The minimum atomic E-state index is -0.315. The predicted octanol–water partition coefficient (Wildman–Crippen LogP) is 0.571. The lowest BCUT2D eigenvalue weighted by Gasteiger charge is -2.07. The molecule has 2 heterocycles. The van der Waals surface area contributed by atoms with Gasteiger partial charge in [0.2, 0.25) is 0 Å². The zero-order chi connectivity index (χ0) is 11.2. The molecule has 2 aromatic heterocycles. The molecule has 0 unspecified atom stereocenters. The van der Waals surface area contributed by atoms with E-state index in [-0.39, 0.29) is 7.12 Å². The molecule has 0 radical (unpaired) electrons. The number of nitrogens with one attached hydrogen (secondary N) is 1. The van der Waals surface area contributed by atoms with Gasteiger partial charge in [0.05, 0.1) is 0 Å². The Morgan fingerprint density at radius 2 is 1.81 bits per heavy atom. The van der Waals surface area contributed by atoms with Crippen molar-refractivity contribution in [2.24, 2.45) is 4.90 Å². The maximum absolute atomic E-state index is 6.94. The van der Waals surface area contributed by atoms with Crippen LogP contribution in [-0.2, 0) is 0 Å². The normalized spacial score (nSPS) is 10.8. The molecule has 0 fully saturated rings. The van der Waals surface area contributed by atoms with Gasteiger partial charge in [0.15, 0.2) is 0 Å². The van der Waals surface area contributed by atoms with Crippen molar-refractivity contribution >= 4 is 19.5 Å². The average Bonchev–Trinajstić information content (AvgIpc) is 2.97. The highest BCUT2D eigenvalue weighted by atomic mass is 15.4. The number of nitrogens with zero attached hydrogens (tertiary/aromatic N) is 5. The summed E-state index contributed by atoms with van der Waals surface area (Å²) in [7, 11) is -0.315. The Balaban J connectivity index is 2.24. The molecule has 0 saturated carbocycles. The second-order valence-electron chi connectivity index (χ2n) is 3.09. The van der Waals surface area contributed by atoms with Gasteiger partial charge in [0, 0.05) is 37.4 Å². The van der Waals surface area contributed by atoms with Gasteiger partial charge in [-0.2, -0.15) is 10.2 Å². The first kappa shape index (κ1) is 10.3. The maximum Gasteiger partial charge on any atom is 0.565 e. The minimum Gasteiger partial charge on any atom is -0.313 e. The van der Waals surface area contributed by atoms with E-state index in [4.69, 9.17) is 5.41 Å². The van der Waals surface area contributed by atoms with E-state index in [1.807, 2.05) is 24.5 Å². The van der Waals surface area contributed by atoms with E-state index in [9.17, 15) is 0 Å². The molecular weight excluding hydrogens is 203 g/mol. The maximum atomic E-state index is 6.94. The van der Waals surface area contributed by atoms with Gasteiger partial charge in [-0.3, -0.25) is 9.19 Å². The monoisotopic (exact) mass is 214 g/mol. The largest absolute Gasteiger partial charge is 0.565 e. The Bertz CT molecular complexity index is 412. The van der Waals surface area contributed by atoms with E-state index in [1.54, 1.807) is 27.8 Å². The molecule has 2 aromatic rings. The smallest absolute Gasteiger partial charge is 0.313 e. The Hall–Kier alpha value is -2.18. The van der Waals surface area contributed by atoms with Crippen molar-refractivity contribution in [2.45, 2.75) is 6.42 Å². The van der Waals surface area contributed by atoms with Crippen LogP contribution in [0.1, 0.15) is 6.42 Å². The Kier molecular flexibility index (Phi) is 3.27. The standard InChI is InChI=1S/C9H11BN6/c11-4-1-5-12-10(15-8-2-6-13-15)16-9-3-7-14-16/h2-9,11H,1H2. The molecule has 0 spiro atoms. The van der Waals surface area contributed by atoms with E-state index >= 15 is 0 Å². The lowest BCUT2D eigenvalue weighted by atomic mass is 9.97. The molecule has 7 heteroatoms. The molecule has 0 aliphatic heterocycles. The summed E-state index contributed by atoms with van der Waals surface area (Å²) < 4.78 is 3.40. The van der Waals surface area contributed by atoms with Crippen molar-refractivity contribution in [3.63, 3.8) is 0 Å². The van der Waals surface area contributed by atoms with Crippen LogP contribution in [-0.4, -0.2) is 38.9 Å². The fourth-order valence-electron chi connectivity index (χ4n) is 1.30. The molecule has 80 valence electrons. The number of hydrogen-bond acceptors (Lipinski definition) is 4. The minimum absolute atomic E-state index is 0.315. The number of hydrogen-bond donors (Lipinski definition) is 1. The first-order chi connectivity index (χ1) is 7.92. The summed E-state index contributed by atoms with van der Waals surface area (Å²) >= 11 is 0. The molecule has 0 bridgehead atoms. The van der Waals surface area contributed by atoms with Crippen LogP contribution in [0.4, 0.5) is 0 Å². The molecule has 16 heavy (non-hydrogen) atoms. The van der Waals surface area contributed by atoms with E-state index in [0.717, 1.165) is 0 Å². The van der Waals surface area contributed by atoms with Crippen LogP contribution in [0.25, 0.3) is 0 Å². The lowest BCUT2D eigenvalue weighted by molar-refractivity contribution is 0.847. The van der Waals surface area contributed by atoms with Crippen molar-refractivity contribution in [2.75, 3.05) is 0 Å². The lowest BCUT2D eigenvalue weighted by Crippen LogP contribution is -2.33. The van der Waals surface area contributed by atoms with Crippen LogP contribution < -0.4 is 0 Å². The first-order valence-electron chi connectivity index (χ1n) is 4.90. The summed E-state index contributed by atoms with van der Waals surface area (Å²) in [5.41, 5.74) is 0. The van der Waals surface area contributed by atoms with Crippen molar-refractivity contribution in [1.82, 2.24) is 19.4 Å². The fourth-order valence-corrected chi connectivity index (χ4v) is 1.30. The summed E-state index contributed by atoms with van der Waals surface area (Å²) in [5, 5.41) is 15.2.